The zero-order chi connectivity index (χ0) is 16.3. The average molecular weight is 306 g/mol. The third-order valence-corrected chi connectivity index (χ3v) is 5.21. The predicted molar refractivity (Wildman–Crippen MR) is 90.8 cm³/mol. The molecule has 1 fully saturated rings. The van der Waals surface area contributed by atoms with Crippen LogP contribution >= 0.6 is 0 Å². The second kappa shape index (κ2) is 7.47. The Balaban J connectivity index is 1.91. The minimum Gasteiger partial charge on any atom is -0.490 e. The largest absolute Gasteiger partial charge is 0.490 e. The zero-order valence-electron chi connectivity index (χ0n) is 14.8. The molecule has 0 aliphatic carbocycles. The first kappa shape index (κ1) is 17.3. The molecule has 1 saturated heterocycles. The quantitative estimate of drug-likeness (QED) is 0.874. The van der Waals surface area contributed by atoms with Crippen molar-refractivity contribution in [2.75, 3.05) is 13.2 Å². The molecule has 22 heavy (non-hydrogen) atoms. The Bertz CT molecular complexity index is 490. The number of hydrogen-bond donors (Lipinski definition) is 2. The van der Waals surface area contributed by atoms with Gasteiger partial charge in [-0.15, -0.1) is 0 Å². The van der Waals surface area contributed by atoms with Crippen molar-refractivity contribution in [3.63, 3.8) is 0 Å². The molecule has 3 atom stereocenters. The highest BCUT2D eigenvalue weighted by Gasteiger charge is 2.30. The molecule has 0 aromatic heterocycles. The van der Waals surface area contributed by atoms with Crippen LogP contribution in [0.15, 0.2) is 12.1 Å². The van der Waals surface area contributed by atoms with E-state index in [1.54, 1.807) is 0 Å². The number of benzene rings is 1. The van der Waals surface area contributed by atoms with Gasteiger partial charge in [0.1, 0.15) is 25.0 Å². The smallest absolute Gasteiger partial charge is 0.137 e. The highest BCUT2D eigenvalue weighted by molar-refractivity contribution is 5.41. The van der Waals surface area contributed by atoms with Gasteiger partial charge in [-0.25, -0.2) is 0 Å². The van der Waals surface area contributed by atoms with Crippen LogP contribution in [0, 0.1) is 20.8 Å². The lowest BCUT2D eigenvalue weighted by Crippen LogP contribution is -3.20. The van der Waals surface area contributed by atoms with Gasteiger partial charge in [0.2, 0.25) is 0 Å². The second-order valence-electron chi connectivity index (χ2n) is 7.18. The van der Waals surface area contributed by atoms with E-state index in [2.05, 4.69) is 46.8 Å². The summed E-state index contributed by atoms with van der Waals surface area (Å²) in [6, 6.07) is 5.51. The number of piperidine rings is 1. The van der Waals surface area contributed by atoms with E-state index in [0.717, 1.165) is 12.3 Å². The number of aryl methyl sites for hydroxylation is 2. The summed E-state index contributed by atoms with van der Waals surface area (Å²) < 4.78 is 5.91. The summed E-state index contributed by atoms with van der Waals surface area (Å²) in [5, 5.41) is 10.4. The van der Waals surface area contributed by atoms with Crippen molar-refractivity contribution >= 4 is 0 Å². The standard InChI is InChI=1S/C19H31NO2/c1-13-9-14(2)17(5)19(10-13)22-12-18(21)11-20-15(3)7-6-8-16(20)4/h9-10,15-16,18,21H,6-8,11-12H2,1-5H3/p+1/t15-,16-,18-/m1/s1. The number of aliphatic hydroxyl groups excluding tert-OH is 1. The molecule has 2 rings (SSSR count). The topological polar surface area (TPSA) is 33.9 Å². The maximum absolute atomic E-state index is 10.4. The van der Waals surface area contributed by atoms with Crippen LogP contribution in [0.4, 0.5) is 0 Å². The molecule has 0 unspecified atom stereocenters. The number of nitrogens with one attached hydrogen (secondary N) is 1. The summed E-state index contributed by atoms with van der Waals surface area (Å²) in [5.41, 5.74) is 3.62. The fourth-order valence-electron chi connectivity index (χ4n) is 3.66. The number of rotatable bonds is 5. The third-order valence-electron chi connectivity index (χ3n) is 5.21. The summed E-state index contributed by atoms with van der Waals surface area (Å²) >= 11 is 0. The Labute approximate surface area is 135 Å². The Kier molecular flexibility index (Phi) is 5.87. The summed E-state index contributed by atoms with van der Waals surface area (Å²) in [6.07, 6.45) is 3.45. The molecule has 1 heterocycles. The molecule has 1 aromatic carbocycles. The summed E-state index contributed by atoms with van der Waals surface area (Å²) in [4.78, 5) is 1.53. The first-order valence-electron chi connectivity index (χ1n) is 8.62. The van der Waals surface area contributed by atoms with Crippen LogP contribution in [0.1, 0.15) is 49.8 Å². The molecule has 0 saturated carbocycles. The molecule has 1 aliphatic rings. The molecular weight excluding hydrogens is 274 g/mol. The summed E-state index contributed by atoms with van der Waals surface area (Å²) in [6.45, 7) is 12.0. The molecule has 1 aliphatic heterocycles. The van der Waals surface area contributed by atoms with Gasteiger partial charge in [0.15, 0.2) is 0 Å². The van der Waals surface area contributed by atoms with Gasteiger partial charge < -0.3 is 14.7 Å². The van der Waals surface area contributed by atoms with Crippen molar-refractivity contribution in [3.05, 3.63) is 28.8 Å². The molecule has 2 N–H and O–H groups in total. The lowest BCUT2D eigenvalue weighted by molar-refractivity contribution is -0.954. The SMILES string of the molecule is Cc1cc(C)c(C)c(OC[C@H](O)C[NH+]2[C@H](C)CCC[C@H]2C)c1. The summed E-state index contributed by atoms with van der Waals surface area (Å²) in [5.74, 6) is 0.909. The lowest BCUT2D eigenvalue weighted by Gasteiger charge is -2.36. The van der Waals surface area contributed by atoms with Gasteiger partial charge >= 0.3 is 0 Å². The van der Waals surface area contributed by atoms with Gasteiger partial charge in [-0.05, 0) is 76.6 Å². The van der Waals surface area contributed by atoms with Gasteiger partial charge in [-0.2, -0.15) is 0 Å². The lowest BCUT2D eigenvalue weighted by atomic mass is 9.97. The molecule has 3 nitrogen and oxygen atoms in total. The number of quaternary nitrogens is 1. The minimum absolute atomic E-state index is 0.382. The van der Waals surface area contributed by atoms with Crippen LogP contribution in [0.2, 0.25) is 0 Å². The Morgan fingerprint density at radius 2 is 1.82 bits per heavy atom. The van der Waals surface area contributed by atoms with Crippen LogP contribution < -0.4 is 9.64 Å². The third kappa shape index (κ3) is 4.23. The fraction of sp³-hybridized carbons (Fsp3) is 0.684. The van der Waals surface area contributed by atoms with E-state index in [4.69, 9.17) is 4.74 Å². The first-order chi connectivity index (χ1) is 10.4. The second-order valence-corrected chi connectivity index (χ2v) is 7.18. The van der Waals surface area contributed by atoms with Crippen molar-refractivity contribution in [2.45, 2.75) is 72.1 Å². The number of likely N-dealkylation sites (tertiary alicyclic amines) is 1. The zero-order valence-corrected chi connectivity index (χ0v) is 14.8. The highest BCUT2D eigenvalue weighted by Crippen LogP contribution is 2.23. The fourth-order valence-corrected chi connectivity index (χ4v) is 3.66. The van der Waals surface area contributed by atoms with E-state index in [-0.39, 0.29) is 0 Å². The number of aliphatic hydroxyl groups is 1. The number of ether oxygens (including phenoxy) is 1. The van der Waals surface area contributed by atoms with E-state index in [9.17, 15) is 5.11 Å². The maximum atomic E-state index is 10.4. The molecule has 0 amide bonds. The summed E-state index contributed by atoms with van der Waals surface area (Å²) in [7, 11) is 0. The van der Waals surface area contributed by atoms with Crippen molar-refractivity contribution in [1.82, 2.24) is 0 Å². The number of hydrogen-bond acceptors (Lipinski definition) is 2. The van der Waals surface area contributed by atoms with Gasteiger partial charge in [0.25, 0.3) is 0 Å². The van der Waals surface area contributed by atoms with Crippen LogP contribution in [-0.4, -0.2) is 36.4 Å². The van der Waals surface area contributed by atoms with Crippen molar-refractivity contribution in [3.8, 4) is 5.75 Å². The molecule has 1 aromatic rings. The average Bonchev–Trinajstić information content (AvgIpc) is 2.45. The first-order valence-corrected chi connectivity index (χ1v) is 8.62. The van der Waals surface area contributed by atoms with E-state index < -0.39 is 6.10 Å². The van der Waals surface area contributed by atoms with Gasteiger partial charge in [0, 0.05) is 0 Å². The predicted octanol–water partition coefficient (Wildman–Crippen LogP) is 2.20. The van der Waals surface area contributed by atoms with Crippen molar-refractivity contribution < 1.29 is 14.7 Å². The Morgan fingerprint density at radius 3 is 2.45 bits per heavy atom. The Hall–Kier alpha value is -1.06. The van der Waals surface area contributed by atoms with E-state index in [0.29, 0.717) is 18.7 Å². The van der Waals surface area contributed by atoms with Crippen LogP contribution in [0.5, 0.6) is 5.75 Å². The van der Waals surface area contributed by atoms with Gasteiger partial charge in [-0.1, -0.05) is 6.07 Å². The molecule has 124 valence electrons. The highest BCUT2D eigenvalue weighted by atomic mass is 16.5. The molecule has 0 bridgehead atoms. The van der Waals surface area contributed by atoms with Crippen LogP contribution in [0.3, 0.4) is 0 Å². The van der Waals surface area contributed by atoms with E-state index >= 15 is 0 Å². The van der Waals surface area contributed by atoms with E-state index in [1.165, 1.54) is 40.9 Å². The maximum Gasteiger partial charge on any atom is 0.137 e. The Morgan fingerprint density at radius 1 is 1.18 bits per heavy atom. The minimum atomic E-state index is -0.404. The molecular formula is C19H32NO2+. The molecule has 0 radical (unpaired) electrons. The molecule has 3 heteroatoms. The van der Waals surface area contributed by atoms with Crippen LogP contribution in [-0.2, 0) is 0 Å². The van der Waals surface area contributed by atoms with Crippen LogP contribution in [0.25, 0.3) is 0 Å². The monoisotopic (exact) mass is 306 g/mol. The van der Waals surface area contributed by atoms with E-state index in [1.807, 2.05) is 0 Å². The molecule has 0 spiro atoms. The van der Waals surface area contributed by atoms with Crippen molar-refractivity contribution in [1.29, 1.82) is 0 Å². The van der Waals surface area contributed by atoms with Gasteiger partial charge in [-0.3, -0.25) is 0 Å². The normalized spacial score (nSPS) is 24.3. The van der Waals surface area contributed by atoms with Gasteiger partial charge in [0.05, 0.1) is 12.1 Å². The van der Waals surface area contributed by atoms with Crippen molar-refractivity contribution in [2.24, 2.45) is 0 Å².